The maximum atomic E-state index is 13.3. The highest BCUT2D eigenvalue weighted by atomic mass is 19.2. The fourth-order valence-electron chi connectivity index (χ4n) is 1.70. The Hall–Kier alpha value is -2.12. The van der Waals surface area contributed by atoms with E-state index in [0.29, 0.717) is 5.82 Å². The largest absolute Gasteiger partial charge is 0.380 e. The number of hydrogen-bond acceptors (Lipinski definition) is 2. The highest BCUT2D eigenvalue weighted by molar-refractivity contribution is 5.47. The molecule has 0 bridgehead atoms. The predicted molar refractivity (Wildman–Crippen MR) is 61.6 cm³/mol. The quantitative estimate of drug-likeness (QED) is 0.533. The van der Waals surface area contributed by atoms with Crippen molar-refractivity contribution >= 4 is 5.69 Å². The molecular formula is C12H10F5N3. The van der Waals surface area contributed by atoms with Crippen molar-refractivity contribution in [1.29, 1.82) is 0 Å². The summed E-state index contributed by atoms with van der Waals surface area (Å²) >= 11 is 0. The Balaban J connectivity index is 2.16. The van der Waals surface area contributed by atoms with E-state index in [-0.39, 0.29) is 13.0 Å². The molecule has 0 spiro atoms. The molecule has 108 valence electrons. The number of halogens is 5. The van der Waals surface area contributed by atoms with Gasteiger partial charge in [0, 0.05) is 32.4 Å². The van der Waals surface area contributed by atoms with E-state index in [0.717, 1.165) is 0 Å². The van der Waals surface area contributed by atoms with Crippen molar-refractivity contribution in [3.63, 3.8) is 0 Å². The van der Waals surface area contributed by atoms with Gasteiger partial charge >= 0.3 is 0 Å². The van der Waals surface area contributed by atoms with Crippen LogP contribution in [0.5, 0.6) is 0 Å². The summed E-state index contributed by atoms with van der Waals surface area (Å²) in [5.41, 5.74) is -1.03. The minimum absolute atomic E-state index is 0.0246. The van der Waals surface area contributed by atoms with Gasteiger partial charge in [-0.05, 0) is 0 Å². The molecule has 0 radical (unpaired) electrons. The normalized spacial score (nSPS) is 10.9. The summed E-state index contributed by atoms with van der Waals surface area (Å²) in [4.78, 5) is 3.97. The number of nitrogens with one attached hydrogen (secondary N) is 1. The summed E-state index contributed by atoms with van der Waals surface area (Å²) in [6, 6.07) is 0. The number of imidazole rings is 1. The second kappa shape index (κ2) is 5.48. The van der Waals surface area contributed by atoms with E-state index < -0.39 is 34.8 Å². The molecule has 1 aromatic heterocycles. The van der Waals surface area contributed by atoms with Crippen molar-refractivity contribution in [2.75, 3.05) is 11.9 Å². The number of benzene rings is 1. The zero-order valence-electron chi connectivity index (χ0n) is 10.4. The molecule has 2 rings (SSSR count). The predicted octanol–water partition coefficient (Wildman–Crippen LogP) is 2.77. The van der Waals surface area contributed by atoms with Crippen molar-refractivity contribution < 1.29 is 22.0 Å². The zero-order valence-corrected chi connectivity index (χ0v) is 10.4. The molecule has 20 heavy (non-hydrogen) atoms. The summed E-state index contributed by atoms with van der Waals surface area (Å²) in [5, 5.41) is 2.21. The fraction of sp³-hybridized carbons (Fsp3) is 0.250. The lowest BCUT2D eigenvalue weighted by molar-refractivity contribution is 0.381. The van der Waals surface area contributed by atoms with E-state index in [4.69, 9.17) is 0 Å². The summed E-state index contributed by atoms with van der Waals surface area (Å²) in [6.07, 6.45) is 3.48. The topological polar surface area (TPSA) is 29.9 Å². The molecule has 3 nitrogen and oxygen atoms in total. The smallest absolute Gasteiger partial charge is 0.200 e. The van der Waals surface area contributed by atoms with Crippen molar-refractivity contribution in [1.82, 2.24) is 9.55 Å². The Kier molecular flexibility index (Phi) is 3.91. The number of anilines is 1. The molecular weight excluding hydrogens is 281 g/mol. The maximum Gasteiger partial charge on any atom is 0.200 e. The van der Waals surface area contributed by atoms with Crippen LogP contribution in [0.25, 0.3) is 0 Å². The Morgan fingerprint density at radius 1 is 1.00 bits per heavy atom. The SMILES string of the molecule is Cn1ccnc1CCNc1c(F)c(F)c(F)c(F)c1F. The molecule has 0 aliphatic heterocycles. The average molecular weight is 291 g/mol. The molecule has 8 heteroatoms. The molecule has 0 unspecified atom stereocenters. The second-order valence-electron chi connectivity index (χ2n) is 4.08. The first kappa shape index (κ1) is 14.3. The number of aromatic nitrogens is 2. The van der Waals surface area contributed by atoms with E-state index in [1.807, 2.05) is 0 Å². The van der Waals surface area contributed by atoms with Gasteiger partial charge in [0.2, 0.25) is 5.82 Å². The summed E-state index contributed by atoms with van der Waals surface area (Å²) in [6.45, 7) is -0.0246. The van der Waals surface area contributed by atoms with Gasteiger partial charge < -0.3 is 9.88 Å². The summed E-state index contributed by atoms with van der Waals surface area (Å²) in [7, 11) is 1.72. The monoisotopic (exact) mass is 291 g/mol. The molecule has 0 aliphatic carbocycles. The van der Waals surface area contributed by atoms with Gasteiger partial charge in [0.15, 0.2) is 23.3 Å². The molecule has 0 aliphatic rings. The Morgan fingerprint density at radius 2 is 1.55 bits per heavy atom. The minimum atomic E-state index is -2.17. The van der Waals surface area contributed by atoms with E-state index >= 15 is 0 Å². The molecule has 0 atom stereocenters. The lowest BCUT2D eigenvalue weighted by Crippen LogP contribution is -2.13. The van der Waals surface area contributed by atoms with Crippen LogP contribution in [0, 0.1) is 29.1 Å². The molecule has 0 amide bonds. The number of aryl methyl sites for hydroxylation is 1. The summed E-state index contributed by atoms with van der Waals surface area (Å²) in [5.74, 6) is -9.25. The highest BCUT2D eigenvalue weighted by Gasteiger charge is 2.25. The first-order valence-electron chi connectivity index (χ1n) is 5.65. The lowest BCUT2D eigenvalue weighted by atomic mass is 10.2. The van der Waals surface area contributed by atoms with Crippen LogP contribution >= 0.6 is 0 Å². The molecule has 0 saturated carbocycles. The standard InChI is InChI=1S/C12H10F5N3/c1-20-5-4-18-6(20)2-3-19-12-10(16)8(14)7(13)9(15)11(12)17/h4-5,19H,2-3H2,1H3. The molecule has 1 N–H and O–H groups in total. The Morgan fingerprint density at radius 3 is 2.05 bits per heavy atom. The Labute approximate surface area is 111 Å². The van der Waals surface area contributed by atoms with Gasteiger partial charge in [0.05, 0.1) is 0 Å². The number of nitrogens with zero attached hydrogens (tertiary/aromatic N) is 2. The van der Waals surface area contributed by atoms with Crippen LogP contribution in [0.1, 0.15) is 5.82 Å². The van der Waals surface area contributed by atoms with Crippen LogP contribution in [-0.4, -0.2) is 16.1 Å². The van der Waals surface area contributed by atoms with Crippen molar-refractivity contribution in [2.24, 2.45) is 7.05 Å². The highest BCUT2D eigenvalue weighted by Crippen LogP contribution is 2.26. The van der Waals surface area contributed by atoms with Gasteiger partial charge in [-0.2, -0.15) is 0 Å². The van der Waals surface area contributed by atoms with E-state index in [1.54, 1.807) is 17.8 Å². The van der Waals surface area contributed by atoms with Crippen LogP contribution in [0.15, 0.2) is 12.4 Å². The Bertz CT molecular complexity index is 609. The molecule has 1 heterocycles. The molecule has 2 aromatic rings. The maximum absolute atomic E-state index is 13.3. The van der Waals surface area contributed by atoms with Crippen LogP contribution in [0.4, 0.5) is 27.6 Å². The third kappa shape index (κ3) is 2.45. The van der Waals surface area contributed by atoms with E-state index in [1.165, 1.54) is 6.20 Å². The van der Waals surface area contributed by atoms with Crippen molar-refractivity contribution in [3.05, 3.63) is 47.3 Å². The number of hydrogen-bond donors (Lipinski definition) is 1. The minimum Gasteiger partial charge on any atom is -0.380 e. The number of rotatable bonds is 4. The van der Waals surface area contributed by atoms with Crippen LogP contribution in [0.2, 0.25) is 0 Å². The van der Waals surface area contributed by atoms with E-state index in [9.17, 15) is 22.0 Å². The van der Waals surface area contributed by atoms with Gasteiger partial charge in [-0.15, -0.1) is 0 Å². The third-order valence-corrected chi connectivity index (χ3v) is 2.78. The second-order valence-corrected chi connectivity index (χ2v) is 4.08. The van der Waals surface area contributed by atoms with Gasteiger partial charge in [-0.25, -0.2) is 26.9 Å². The van der Waals surface area contributed by atoms with Crippen molar-refractivity contribution in [2.45, 2.75) is 6.42 Å². The molecule has 0 saturated heterocycles. The van der Waals surface area contributed by atoms with Gasteiger partial charge in [-0.1, -0.05) is 0 Å². The van der Waals surface area contributed by atoms with Gasteiger partial charge in [0.1, 0.15) is 11.5 Å². The molecule has 0 fully saturated rings. The lowest BCUT2D eigenvalue weighted by Gasteiger charge is -2.10. The van der Waals surface area contributed by atoms with Crippen LogP contribution in [-0.2, 0) is 13.5 Å². The van der Waals surface area contributed by atoms with Gasteiger partial charge in [0.25, 0.3) is 0 Å². The van der Waals surface area contributed by atoms with E-state index in [2.05, 4.69) is 10.3 Å². The van der Waals surface area contributed by atoms with Crippen LogP contribution in [0.3, 0.4) is 0 Å². The van der Waals surface area contributed by atoms with Crippen LogP contribution < -0.4 is 5.32 Å². The zero-order chi connectivity index (χ0) is 14.9. The van der Waals surface area contributed by atoms with Crippen molar-refractivity contribution in [3.8, 4) is 0 Å². The summed E-state index contributed by atoms with van der Waals surface area (Å²) < 4.78 is 67.1. The average Bonchev–Trinajstić information content (AvgIpc) is 2.84. The first-order valence-corrected chi connectivity index (χ1v) is 5.65. The fourth-order valence-corrected chi connectivity index (χ4v) is 1.70. The molecule has 1 aromatic carbocycles. The third-order valence-electron chi connectivity index (χ3n) is 2.78. The first-order chi connectivity index (χ1) is 9.43. The van der Waals surface area contributed by atoms with Gasteiger partial charge in [-0.3, -0.25) is 0 Å².